The fourth-order valence-electron chi connectivity index (χ4n) is 3.21. The molecule has 27 heavy (non-hydrogen) atoms. The minimum absolute atomic E-state index is 0.240. The van der Waals surface area contributed by atoms with Crippen LogP contribution in [-0.4, -0.2) is 24.1 Å². The molecule has 1 aliphatic rings. The third kappa shape index (κ3) is 4.47. The number of piperidine rings is 1. The molecule has 0 aliphatic carbocycles. The molecule has 8 nitrogen and oxygen atoms in total. The van der Waals surface area contributed by atoms with Gasteiger partial charge in [0, 0.05) is 24.7 Å². The molecule has 0 saturated carbocycles. The maximum Gasteiger partial charge on any atom is 0.350 e. The number of hydrogen-bond donors (Lipinski definition) is 3. The number of nitrogens with one attached hydrogen (secondary N) is 1. The Kier molecular flexibility index (Phi) is 6.10. The van der Waals surface area contributed by atoms with Crippen molar-refractivity contribution < 1.29 is 9.53 Å². The first kappa shape index (κ1) is 18.9. The summed E-state index contributed by atoms with van der Waals surface area (Å²) in [5, 5.41) is 0.975. The molecule has 2 aromatic rings. The molecule has 2 heterocycles. The van der Waals surface area contributed by atoms with Crippen molar-refractivity contribution in [2.45, 2.75) is 32.8 Å². The van der Waals surface area contributed by atoms with Crippen LogP contribution >= 0.6 is 0 Å². The number of carbonyl (C=O) groups is 1. The average molecular weight is 370 g/mol. The number of nitrogens with two attached hydrogens (primary N) is 2. The van der Waals surface area contributed by atoms with E-state index in [1.165, 1.54) is 19.3 Å². The van der Waals surface area contributed by atoms with Crippen molar-refractivity contribution in [2.75, 3.05) is 23.0 Å². The van der Waals surface area contributed by atoms with E-state index in [0.29, 0.717) is 11.6 Å². The minimum atomic E-state index is -0.605. The Hall–Kier alpha value is -2.84. The fraction of sp³-hybridized carbons (Fsp3) is 0.368. The fourth-order valence-corrected chi connectivity index (χ4v) is 3.21. The van der Waals surface area contributed by atoms with Gasteiger partial charge in [-0.1, -0.05) is 18.2 Å². The number of urea groups is 1. The van der Waals surface area contributed by atoms with E-state index >= 15 is 0 Å². The Balaban J connectivity index is 1.76. The number of hydrazine groups is 2. The van der Waals surface area contributed by atoms with Crippen molar-refractivity contribution in [1.29, 1.82) is 0 Å². The van der Waals surface area contributed by atoms with Gasteiger partial charge in [-0.05, 0) is 43.9 Å². The van der Waals surface area contributed by atoms with E-state index in [4.69, 9.17) is 16.4 Å². The van der Waals surface area contributed by atoms with Crippen LogP contribution in [0.1, 0.15) is 30.4 Å². The Labute approximate surface area is 159 Å². The first-order valence-electron chi connectivity index (χ1n) is 9.09. The Morgan fingerprint density at radius 2 is 1.96 bits per heavy atom. The summed E-state index contributed by atoms with van der Waals surface area (Å²) in [5.41, 5.74) is 4.32. The van der Waals surface area contributed by atoms with Crippen molar-refractivity contribution in [3.63, 3.8) is 0 Å². The highest BCUT2D eigenvalue weighted by Gasteiger charge is 2.17. The number of nitrogens with zero attached hydrogens (tertiary/aromatic N) is 3. The quantitative estimate of drug-likeness (QED) is 0.423. The summed E-state index contributed by atoms with van der Waals surface area (Å²) in [4.78, 5) is 18.7. The predicted molar refractivity (Wildman–Crippen MR) is 105 cm³/mol. The topological polar surface area (TPSA) is 110 Å². The third-order valence-corrected chi connectivity index (χ3v) is 4.74. The van der Waals surface area contributed by atoms with Gasteiger partial charge in [-0.2, -0.15) is 4.98 Å². The normalized spacial score (nSPS) is 14.0. The maximum atomic E-state index is 11.8. The highest BCUT2D eigenvalue weighted by Crippen LogP contribution is 2.25. The highest BCUT2D eigenvalue weighted by molar-refractivity contribution is 5.91. The van der Waals surface area contributed by atoms with E-state index in [1.54, 1.807) is 6.07 Å². The van der Waals surface area contributed by atoms with Crippen molar-refractivity contribution in [3.8, 4) is 5.88 Å². The molecule has 1 aliphatic heterocycles. The highest BCUT2D eigenvalue weighted by atomic mass is 16.5. The van der Waals surface area contributed by atoms with Gasteiger partial charge in [0.1, 0.15) is 12.4 Å². The molecule has 5 N–H and O–H groups in total. The maximum absolute atomic E-state index is 11.8. The first-order chi connectivity index (χ1) is 13.1. The zero-order valence-corrected chi connectivity index (χ0v) is 15.5. The summed E-state index contributed by atoms with van der Waals surface area (Å²) in [6.45, 7) is 4.22. The summed E-state index contributed by atoms with van der Waals surface area (Å²) in [6, 6.07) is 10.7. The zero-order chi connectivity index (χ0) is 19.2. The third-order valence-electron chi connectivity index (χ3n) is 4.74. The molecule has 0 bridgehead atoms. The van der Waals surface area contributed by atoms with Crippen LogP contribution in [0.25, 0.3) is 0 Å². The number of carbonyl (C=O) groups excluding carboxylic acids is 1. The number of benzene rings is 1. The number of rotatable bonds is 5. The lowest BCUT2D eigenvalue weighted by molar-refractivity contribution is 0.246. The van der Waals surface area contributed by atoms with Crippen LogP contribution in [0.2, 0.25) is 0 Å². The first-order valence-corrected chi connectivity index (χ1v) is 9.09. The smallest absolute Gasteiger partial charge is 0.350 e. The van der Waals surface area contributed by atoms with E-state index < -0.39 is 6.03 Å². The predicted octanol–water partition coefficient (Wildman–Crippen LogP) is 2.22. The number of anilines is 2. The van der Waals surface area contributed by atoms with Gasteiger partial charge in [-0.25, -0.2) is 21.5 Å². The lowest BCUT2D eigenvalue weighted by Gasteiger charge is -2.27. The van der Waals surface area contributed by atoms with Gasteiger partial charge in [0.15, 0.2) is 0 Å². The molecule has 1 aromatic heterocycles. The van der Waals surface area contributed by atoms with Gasteiger partial charge < -0.3 is 9.64 Å². The van der Waals surface area contributed by atoms with Gasteiger partial charge in [0.2, 0.25) is 5.88 Å². The second-order valence-corrected chi connectivity index (χ2v) is 6.56. The van der Waals surface area contributed by atoms with Crippen molar-refractivity contribution in [2.24, 2.45) is 11.7 Å². The molecule has 8 heteroatoms. The number of hydrogen-bond acceptors (Lipinski definition) is 6. The summed E-state index contributed by atoms with van der Waals surface area (Å²) < 4.78 is 5.93. The zero-order valence-electron chi connectivity index (χ0n) is 15.5. The molecule has 1 fully saturated rings. The van der Waals surface area contributed by atoms with E-state index in [9.17, 15) is 4.79 Å². The van der Waals surface area contributed by atoms with Crippen LogP contribution in [0.4, 0.5) is 16.3 Å². The number of amides is 2. The lowest BCUT2D eigenvalue weighted by atomic mass is 10.1. The van der Waals surface area contributed by atoms with Crippen LogP contribution in [0, 0.1) is 6.92 Å². The largest absolute Gasteiger partial charge is 0.473 e. The molecular formula is C19H26N6O2. The Morgan fingerprint density at radius 3 is 2.70 bits per heavy atom. The van der Waals surface area contributed by atoms with Crippen LogP contribution in [0.5, 0.6) is 5.88 Å². The van der Waals surface area contributed by atoms with Crippen LogP contribution in [0.3, 0.4) is 0 Å². The summed E-state index contributed by atoms with van der Waals surface area (Å²) in [5.74, 6) is 12.5. The van der Waals surface area contributed by atoms with E-state index in [1.807, 2.05) is 42.7 Å². The van der Waals surface area contributed by atoms with Crippen LogP contribution < -0.4 is 31.8 Å². The van der Waals surface area contributed by atoms with Crippen molar-refractivity contribution in [3.05, 3.63) is 47.5 Å². The molecule has 0 spiro atoms. The molecule has 0 unspecified atom stereocenters. The summed E-state index contributed by atoms with van der Waals surface area (Å²) >= 11 is 0. The van der Waals surface area contributed by atoms with Crippen LogP contribution in [-0.2, 0) is 6.61 Å². The standard InChI is InChI=1S/C19H26N6O2/c1-14-7-5-8-16(25(21)19(26)23-20)15(14)13-27-18-10-6-9-17(22-18)24-11-3-2-4-12-24/h5-10H,2-4,11-13,20-21H2,1H3,(H,23,26). The number of pyridine rings is 1. The Bertz CT molecular complexity index is 792. The second-order valence-electron chi connectivity index (χ2n) is 6.56. The number of ether oxygens (including phenoxy) is 1. The van der Waals surface area contributed by atoms with Gasteiger partial charge in [0.05, 0.1) is 5.69 Å². The minimum Gasteiger partial charge on any atom is -0.473 e. The van der Waals surface area contributed by atoms with Crippen LogP contribution in [0.15, 0.2) is 36.4 Å². The molecule has 144 valence electrons. The van der Waals surface area contributed by atoms with Gasteiger partial charge >= 0.3 is 6.03 Å². The summed E-state index contributed by atoms with van der Waals surface area (Å²) in [7, 11) is 0. The van der Waals surface area contributed by atoms with Crippen molar-refractivity contribution in [1.82, 2.24) is 10.4 Å². The molecule has 1 aromatic carbocycles. The number of aromatic nitrogens is 1. The monoisotopic (exact) mass is 370 g/mol. The van der Waals surface area contributed by atoms with E-state index in [0.717, 1.165) is 35.0 Å². The summed E-state index contributed by atoms with van der Waals surface area (Å²) in [6.07, 6.45) is 3.65. The number of aryl methyl sites for hydroxylation is 1. The lowest BCUT2D eigenvalue weighted by Crippen LogP contribution is -2.48. The van der Waals surface area contributed by atoms with E-state index in [2.05, 4.69) is 9.88 Å². The molecular weight excluding hydrogens is 344 g/mol. The van der Waals surface area contributed by atoms with E-state index in [-0.39, 0.29) is 6.61 Å². The van der Waals surface area contributed by atoms with Gasteiger partial charge in [-0.3, -0.25) is 5.43 Å². The second kappa shape index (κ2) is 8.70. The SMILES string of the molecule is Cc1cccc(N(N)C(=O)NN)c1COc1cccc(N2CCCCC2)n1. The molecule has 1 saturated heterocycles. The Morgan fingerprint density at radius 1 is 1.22 bits per heavy atom. The average Bonchev–Trinajstić information content (AvgIpc) is 2.72. The molecule has 0 radical (unpaired) electrons. The van der Waals surface area contributed by atoms with Crippen molar-refractivity contribution >= 4 is 17.5 Å². The molecule has 3 rings (SSSR count). The van der Waals surface area contributed by atoms with Gasteiger partial charge in [-0.15, -0.1) is 0 Å². The molecule has 0 atom stereocenters. The van der Waals surface area contributed by atoms with Gasteiger partial charge in [0.25, 0.3) is 0 Å². The molecule has 2 amide bonds.